The Hall–Kier alpha value is -1.75. The second-order valence-corrected chi connectivity index (χ2v) is 7.29. The van der Waals surface area contributed by atoms with Gasteiger partial charge in [0.1, 0.15) is 12.4 Å². The molecule has 1 aliphatic rings. The van der Waals surface area contributed by atoms with Crippen LogP contribution >= 0.6 is 11.8 Å². The van der Waals surface area contributed by atoms with Gasteiger partial charge in [0.15, 0.2) is 5.69 Å². The lowest BCUT2D eigenvalue weighted by Gasteiger charge is -2.08. The number of fused-ring (bicyclic) bond motifs is 1. The minimum absolute atomic E-state index is 0.278. The Kier molecular flexibility index (Phi) is 5.96. The maximum Gasteiger partial charge on any atom is 0.358 e. The van der Waals surface area contributed by atoms with Crippen molar-refractivity contribution in [1.29, 1.82) is 0 Å². The molecule has 4 nitrogen and oxygen atoms in total. The van der Waals surface area contributed by atoms with Crippen LogP contribution in [0.5, 0.6) is 0 Å². The van der Waals surface area contributed by atoms with Crippen LogP contribution in [-0.4, -0.2) is 33.6 Å². The molecular formula is C19H24N2O2S. The molecule has 0 spiro atoms. The number of hydrogen-bond acceptors (Lipinski definition) is 4. The van der Waals surface area contributed by atoms with Crippen molar-refractivity contribution < 1.29 is 9.53 Å². The molecule has 2 heterocycles. The van der Waals surface area contributed by atoms with Gasteiger partial charge in [0.2, 0.25) is 0 Å². The van der Waals surface area contributed by atoms with Crippen molar-refractivity contribution in [2.24, 2.45) is 0 Å². The minimum atomic E-state index is -0.278. The number of benzene rings is 1. The number of thioether (sulfide) groups is 1. The van der Waals surface area contributed by atoms with E-state index < -0.39 is 0 Å². The van der Waals surface area contributed by atoms with E-state index in [0.29, 0.717) is 12.3 Å². The highest BCUT2D eigenvalue weighted by atomic mass is 32.2. The fourth-order valence-corrected chi connectivity index (χ4v) is 3.59. The molecular weight excluding hydrogens is 320 g/mol. The van der Waals surface area contributed by atoms with Crippen molar-refractivity contribution in [2.75, 3.05) is 18.1 Å². The zero-order chi connectivity index (χ0) is 16.8. The van der Waals surface area contributed by atoms with E-state index in [4.69, 9.17) is 4.74 Å². The second kappa shape index (κ2) is 8.38. The van der Waals surface area contributed by atoms with Crippen LogP contribution in [0.3, 0.4) is 0 Å². The molecule has 1 aliphatic heterocycles. The van der Waals surface area contributed by atoms with Gasteiger partial charge in [-0.05, 0) is 25.0 Å². The minimum Gasteiger partial charge on any atom is -0.460 e. The lowest BCUT2D eigenvalue weighted by Crippen LogP contribution is -2.12. The quantitative estimate of drug-likeness (QED) is 0.582. The number of ether oxygens (including phenoxy) is 1. The number of nitrogens with zero attached hydrogens (tertiary/aromatic N) is 2. The van der Waals surface area contributed by atoms with Gasteiger partial charge in [0, 0.05) is 17.9 Å². The Morgan fingerprint density at radius 2 is 2.08 bits per heavy atom. The van der Waals surface area contributed by atoms with Gasteiger partial charge in [-0.1, -0.05) is 43.7 Å². The largest absolute Gasteiger partial charge is 0.460 e. The molecule has 0 radical (unpaired) electrons. The average molecular weight is 344 g/mol. The summed E-state index contributed by atoms with van der Waals surface area (Å²) in [7, 11) is 0. The number of hydrogen-bond donors (Lipinski definition) is 0. The Labute approximate surface area is 147 Å². The molecule has 0 unspecified atom stereocenters. The van der Waals surface area contributed by atoms with Gasteiger partial charge in [-0.25, -0.2) is 9.78 Å². The fourth-order valence-electron chi connectivity index (χ4n) is 3.10. The van der Waals surface area contributed by atoms with E-state index in [1.165, 1.54) is 6.42 Å². The van der Waals surface area contributed by atoms with Crippen LogP contribution in [0.4, 0.5) is 0 Å². The third-order valence-corrected chi connectivity index (χ3v) is 5.12. The van der Waals surface area contributed by atoms with Gasteiger partial charge in [0.05, 0.1) is 5.69 Å². The van der Waals surface area contributed by atoms with Gasteiger partial charge in [-0.2, -0.15) is 11.8 Å². The third-order valence-electron chi connectivity index (χ3n) is 4.26. The molecule has 0 fully saturated rings. The van der Waals surface area contributed by atoms with Crippen LogP contribution in [-0.2, 0) is 17.7 Å². The van der Waals surface area contributed by atoms with Crippen molar-refractivity contribution in [2.45, 2.75) is 39.2 Å². The number of imidazole rings is 1. The molecule has 5 heteroatoms. The van der Waals surface area contributed by atoms with E-state index in [1.807, 2.05) is 30.3 Å². The average Bonchev–Trinajstić information content (AvgIpc) is 2.81. The maximum atomic E-state index is 12.5. The third kappa shape index (κ3) is 3.83. The Bertz CT molecular complexity index is 682. The maximum absolute atomic E-state index is 12.5. The zero-order valence-corrected chi connectivity index (χ0v) is 15.0. The normalized spacial score (nSPS) is 14.0. The van der Waals surface area contributed by atoms with E-state index in [9.17, 15) is 4.79 Å². The van der Waals surface area contributed by atoms with Crippen molar-refractivity contribution >= 4 is 17.7 Å². The second-order valence-electron chi connectivity index (χ2n) is 5.89. The monoisotopic (exact) mass is 344 g/mol. The first kappa shape index (κ1) is 17.1. The van der Waals surface area contributed by atoms with Crippen LogP contribution in [0.2, 0.25) is 0 Å². The summed E-state index contributed by atoms with van der Waals surface area (Å²) in [5.41, 5.74) is 2.61. The van der Waals surface area contributed by atoms with Crippen LogP contribution in [0.1, 0.15) is 42.4 Å². The summed E-state index contributed by atoms with van der Waals surface area (Å²) in [6.07, 6.45) is 4.32. The van der Waals surface area contributed by atoms with Crippen molar-refractivity contribution in [1.82, 2.24) is 9.55 Å². The predicted molar refractivity (Wildman–Crippen MR) is 98.5 cm³/mol. The molecule has 0 saturated carbocycles. The summed E-state index contributed by atoms with van der Waals surface area (Å²) in [6, 6.07) is 10.1. The summed E-state index contributed by atoms with van der Waals surface area (Å²) in [4.78, 5) is 17.2. The molecule has 24 heavy (non-hydrogen) atoms. The highest BCUT2D eigenvalue weighted by Gasteiger charge is 2.25. The topological polar surface area (TPSA) is 44.1 Å². The molecule has 0 N–H and O–H groups in total. The van der Waals surface area contributed by atoms with Crippen molar-refractivity contribution in [3.8, 4) is 11.4 Å². The Morgan fingerprint density at radius 1 is 1.25 bits per heavy atom. The van der Waals surface area contributed by atoms with E-state index in [2.05, 4.69) is 16.5 Å². The van der Waals surface area contributed by atoms with Crippen LogP contribution in [0.15, 0.2) is 30.3 Å². The summed E-state index contributed by atoms with van der Waals surface area (Å²) < 4.78 is 7.67. The van der Waals surface area contributed by atoms with E-state index in [-0.39, 0.29) is 5.97 Å². The number of rotatable bonds is 6. The fraction of sp³-hybridized carbons (Fsp3) is 0.474. The van der Waals surface area contributed by atoms with Gasteiger partial charge in [-0.15, -0.1) is 0 Å². The summed E-state index contributed by atoms with van der Waals surface area (Å²) in [6.45, 7) is 3.48. The lowest BCUT2D eigenvalue weighted by atomic mass is 10.1. The molecule has 128 valence electrons. The highest BCUT2D eigenvalue weighted by Crippen LogP contribution is 2.27. The molecule has 0 atom stereocenters. The van der Waals surface area contributed by atoms with Gasteiger partial charge in [0.25, 0.3) is 0 Å². The molecule has 0 bridgehead atoms. The molecule has 0 saturated heterocycles. The first-order valence-corrected chi connectivity index (χ1v) is 9.86. The molecule has 0 amide bonds. The van der Waals surface area contributed by atoms with Crippen LogP contribution < -0.4 is 0 Å². The van der Waals surface area contributed by atoms with Crippen LogP contribution in [0.25, 0.3) is 11.4 Å². The first-order valence-electron chi connectivity index (χ1n) is 8.71. The number of esters is 1. The number of carbonyl (C=O) groups excluding carboxylic acids is 1. The Balaban J connectivity index is 1.89. The smallest absolute Gasteiger partial charge is 0.358 e. The highest BCUT2D eigenvalue weighted by molar-refractivity contribution is 7.99. The predicted octanol–water partition coefficient (Wildman–Crippen LogP) is 4.19. The molecule has 2 aromatic rings. The summed E-state index contributed by atoms with van der Waals surface area (Å²) in [5, 5.41) is 0. The Morgan fingerprint density at radius 3 is 2.88 bits per heavy atom. The molecule has 1 aromatic heterocycles. The standard InChI is InChI=1S/C19H24N2O2S/c1-2-24-14-13-23-19(22)17-16-11-7-4-8-12-21(16)18(20-17)15-9-5-3-6-10-15/h3,5-6,9-10H,2,4,7-8,11-14H2,1H3. The van der Waals surface area contributed by atoms with Gasteiger partial charge in [-0.3, -0.25) is 0 Å². The zero-order valence-electron chi connectivity index (χ0n) is 14.2. The van der Waals surface area contributed by atoms with Crippen molar-refractivity contribution in [3.05, 3.63) is 41.7 Å². The summed E-state index contributed by atoms with van der Waals surface area (Å²) >= 11 is 1.78. The van der Waals surface area contributed by atoms with E-state index >= 15 is 0 Å². The first-order chi connectivity index (χ1) is 11.8. The number of carbonyl (C=O) groups is 1. The summed E-state index contributed by atoms with van der Waals surface area (Å²) in [5.74, 6) is 2.49. The molecule has 1 aromatic carbocycles. The van der Waals surface area contributed by atoms with Crippen LogP contribution in [0, 0.1) is 0 Å². The van der Waals surface area contributed by atoms with E-state index in [1.54, 1.807) is 11.8 Å². The van der Waals surface area contributed by atoms with Crippen molar-refractivity contribution in [3.63, 3.8) is 0 Å². The van der Waals surface area contributed by atoms with E-state index in [0.717, 1.165) is 54.4 Å². The van der Waals surface area contributed by atoms with Gasteiger partial charge >= 0.3 is 5.97 Å². The lowest BCUT2D eigenvalue weighted by molar-refractivity contribution is 0.0522. The molecule has 0 aliphatic carbocycles. The SMILES string of the molecule is CCSCCOC(=O)c1nc(-c2ccccc2)n2c1CCCCC2. The molecule has 3 rings (SSSR count). The van der Waals surface area contributed by atoms with Gasteiger partial charge < -0.3 is 9.30 Å². The number of aromatic nitrogens is 2.